The van der Waals surface area contributed by atoms with Crippen molar-refractivity contribution in [1.29, 1.82) is 0 Å². The second-order valence-electron chi connectivity index (χ2n) is 5.08. The molecule has 0 unspecified atom stereocenters. The molecule has 1 saturated carbocycles. The molecule has 4 heteroatoms. The molecular formula is C14H24N4. The maximum absolute atomic E-state index is 4.40. The van der Waals surface area contributed by atoms with Gasteiger partial charge in [-0.2, -0.15) is 0 Å². The fourth-order valence-corrected chi connectivity index (χ4v) is 2.72. The van der Waals surface area contributed by atoms with Crippen molar-refractivity contribution >= 4 is 11.6 Å². The summed E-state index contributed by atoms with van der Waals surface area (Å²) in [5.41, 5.74) is 1.22. The topological polar surface area (TPSA) is 49.8 Å². The lowest BCUT2D eigenvalue weighted by Gasteiger charge is -2.16. The van der Waals surface area contributed by atoms with E-state index in [-0.39, 0.29) is 0 Å². The van der Waals surface area contributed by atoms with E-state index in [4.69, 9.17) is 0 Å². The van der Waals surface area contributed by atoms with E-state index >= 15 is 0 Å². The predicted molar refractivity (Wildman–Crippen MR) is 76.0 cm³/mol. The number of aromatic nitrogens is 2. The summed E-state index contributed by atoms with van der Waals surface area (Å²) in [6.45, 7) is 3.24. The van der Waals surface area contributed by atoms with E-state index in [9.17, 15) is 0 Å². The quantitative estimate of drug-likeness (QED) is 0.812. The summed E-state index contributed by atoms with van der Waals surface area (Å²) in [5, 5.41) is 6.68. The Kier molecular flexibility index (Phi) is 4.79. The van der Waals surface area contributed by atoms with Crippen molar-refractivity contribution in [3.63, 3.8) is 0 Å². The predicted octanol–water partition coefficient (Wildman–Crippen LogP) is 3.07. The number of hydrogen-bond acceptors (Lipinski definition) is 4. The summed E-state index contributed by atoms with van der Waals surface area (Å²) in [6.07, 6.45) is 9.27. The highest BCUT2D eigenvalue weighted by molar-refractivity contribution is 5.57. The van der Waals surface area contributed by atoms with Crippen LogP contribution in [-0.2, 0) is 6.42 Å². The van der Waals surface area contributed by atoms with Gasteiger partial charge in [0, 0.05) is 19.2 Å². The minimum Gasteiger partial charge on any atom is -0.373 e. The van der Waals surface area contributed by atoms with Gasteiger partial charge < -0.3 is 10.6 Å². The lowest BCUT2D eigenvalue weighted by Crippen LogP contribution is -2.14. The maximum atomic E-state index is 4.40. The summed E-state index contributed by atoms with van der Waals surface area (Å²) >= 11 is 0. The molecule has 0 aromatic carbocycles. The molecule has 1 heterocycles. The zero-order valence-corrected chi connectivity index (χ0v) is 11.5. The van der Waals surface area contributed by atoms with Gasteiger partial charge in [-0.15, -0.1) is 0 Å². The Morgan fingerprint density at radius 2 is 1.94 bits per heavy atom. The van der Waals surface area contributed by atoms with Crippen molar-refractivity contribution in [2.45, 2.75) is 45.4 Å². The van der Waals surface area contributed by atoms with Gasteiger partial charge in [-0.25, -0.2) is 9.97 Å². The van der Waals surface area contributed by atoms with Gasteiger partial charge >= 0.3 is 0 Å². The van der Waals surface area contributed by atoms with Gasteiger partial charge in [0.25, 0.3) is 0 Å². The van der Waals surface area contributed by atoms with Gasteiger partial charge in [0.05, 0.1) is 0 Å². The van der Waals surface area contributed by atoms with Gasteiger partial charge in [0.15, 0.2) is 0 Å². The SMILES string of the molecule is CCCc1c(NC)ncnc1NCC1CCCC1. The number of hydrogen-bond donors (Lipinski definition) is 2. The molecule has 0 spiro atoms. The lowest BCUT2D eigenvalue weighted by atomic mass is 10.1. The molecule has 0 saturated heterocycles. The average Bonchev–Trinajstić information content (AvgIpc) is 2.91. The number of anilines is 2. The van der Waals surface area contributed by atoms with Crippen LogP contribution in [0.2, 0.25) is 0 Å². The molecule has 1 aromatic rings. The molecule has 0 aliphatic heterocycles. The highest BCUT2D eigenvalue weighted by atomic mass is 15.1. The molecule has 0 amide bonds. The molecule has 1 fully saturated rings. The van der Waals surface area contributed by atoms with Crippen molar-refractivity contribution in [2.75, 3.05) is 24.2 Å². The molecule has 100 valence electrons. The van der Waals surface area contributed by atoms with Crippen LogP contribution in [0.25, 0.3) is 0 Å². The molecule has 0 bridgehead atoms. The Balaban J connectivity index is 2.05. The Morgan fingerprint density at radius 3 is 2.61 bits per heavy atom. The van der Waals surface area contributed by atoms with Crippen molar-refractivity contribution in [3.05, 3.63) is 11.9 Å². The van der Waals surface area contributed by atoms with Crippen LogP contribution in [0.3, 0.4) is 0 Å². The average molecular weight is 248 g/mol. The van der Waals surface area contributed by atoms with Crippen molar-refractivity contribution in [2.24, 2.45) is 5.92 Å². The standard InChI is InChI=1S/C14H24N4/c1-3-6-12-13(15-2)17-10-18-14(12)16-9-11-7-4-5-8-11/h10-11H,3-9H2,1-2H3,(H2,15,16,17,18). The van der Waals surface area contributed by atoms with Crippen LogP contribution in [0.1, 0.15) is 44.6 Å². The Labute approximate surface area is 110 Å². The van der Waals surface area contributed by atoms with Crippen LogP contribution in [-0.4, -0.2) is 23.6 Å². The summed E-state index contributed by atoms with van der Waals surface area (Å²) in [4.78, 5) is 8.70. The van der Waals surface area contributed by atoms with Gasteiger partial charge in [-0.3, -0.25) is 0 Å². The van der Waals surface area contributed by atoms with Crippen molar-refractivity contribution < 1.29 is 0 Å². The third kappa shape index (κ3) is 3.12. The van der Waals surface area contributed by atoms with E-state index in [1.54, 1.807) is 6.33 Å². The normalized spacial score (nSPS) is 15.9. The Morgan fingerprint density at radius 1 is 1.22 bits per heavy atom. The molecule has 1 aliphatic rings. The second kappa shape index (κ2) is 6.57. The first kappa shape index (κ1) is 13.1. The zero-order valence-electron chi connectivity index (χ0n) is 11.5. The first-order valence-corrected chi connectivity index (χ1v) is 7.10. The maximum Gasteiger partial charge on any atom is 0.134 e. The third-order valence-corrected chi connectivity index (χ3v) is 3.72. The first-order chi connectivity index (χ1) is 8.85. The van der Waals surface area contributed by atoms with Crippen LogP contribution >= 0.6 is 0 Å². The summed E-state index contributed by atoms with van der Waals surface area (Å²) < 4.78 is 0. The molecule has 4 nitrogen and oxygen atoms in total. The molecule has 0 radical (unpaired) electrons. The van der Waals surface area contributed by atoms with Crippen LogP contribution in [0.5, 0.6) is 0 Å². The molecule has 1 aliphatic carbocycles. The van der Waals surface area contributed by atoms with Crippen LogP contribution < -0.4 is 10.6 Å². The van der Waals surface area contributed by atoms with Gasteiger partial charge in [0.2, 0.25) is 0 Å². The Bertz CT molecular complexity index is 372. The highest BCUT2D eigenvalue weighted by Crippen LogP contribution is 2.26. The van der Waals surface area contributed by atoms with Crippen LogP contribution in [0.15, 0.2) is 6.33 Å². The minimum absolute atomic E-state index is 0.826. The lowest BCUT2D eigenvalue weighted by molar-refractivity contribution is 0.578. The summed E-state index contributed by atoms with van der Waals surface area (Å²) in [7, 11) is 1.92. The molecule has 2 rings (SSSR count). The monoisotopic (exact) mass is 248 g/mol. The molecule has 1 aromatic heterocycles. The van der Waals surface area contributed by atoms with Crippen LogP contribution in [0.4, 0.5) is 11.6 Å². The summed E-state index contributed by atoms with van der Waals surface area (Å²) in [6, 6.07) is 0. The van der Waals surface area contributed by atoms with E-state index in [2.05, 4.69) is 27.5 Å². The second-order valence-corrected chi connectivity index (χ2v) is 5.08. The molecule has 0 atom stereocenters. The number of nitrogens with one attached hydrogen (secondary N) is 2. The fraction of sp³-hybridized carbons (Fsp3) is 0.714. The first-order valence-electron chi connectivity index (χ1n) is 7.10. The fourth-order valence-electron chi connectivity index (χ4n) is 2.72. The van der Waals surface area contributed by atoms with Gasteiger partial charge in [0.1, 0.15) is 18.0 Å². The third-order valence-electron chi connectivity index (χ3n) is 3.72. The zero-order chi connectivity index (χ0) is 12.8. The van der Waals surface area contributed by atoms with Crippen LogP contribution in [0, 0.1) is 5.92 Å². The molecule has 2 N–H and O–H groups in total. The van der Waals surface area contributed by atoms with E-state index in [0.717, 1.165) is 36.9 Å². The molecule has 18 heavy (non-hydrogen) atoms. The van der Waals surface area contributed by atoms with E-state index in [1.165, 1.54) is 31.2 Å². The largest absolute Gasteiger partial charge is 0.373 e. The number of nitrogens with zero attached hydrogens (tertiary/aromatic N) is 2. The van der Waals surface area contributed by atoms with E-state index < -0.39 is 0 Å². The van der Waals surface area contributed by atoms with E-state index in [1.807, 2.05) is 7.05 Å². The van der Waals surface area contributed by atoms with Crippen molar-refractivity contribution in [3.8, 4) is 0 Å². The minimum atomic E-state index is 0.826. The summed E-state index contributed by atoms with van der Waals surface area (Å²) in [5.74, 6) is 2.80. The van der Waals surface area contributed by atoms with Gasteiger partial charge in [-0.1, -0.05) is 26.2 Å². The van der Waals surface area contributed by atoms with E-state index in [0.29, 0.717) is 0 Å². The molecular weight excluding hydrogens is 224 g/mol. The van der Waals surface area contributed by atoms with Gasteiger partial charge in [-0.05, 0) is 25.2 Å². The highest BCUT2D eigenvalue weighted by Gasteiger charge is 2.16. The smallest absolute Gasteiger partial charge is 0.134 e. The number of rotatable bonds is 6. The Hall–Kier alpha value is -1.32. The van der Waals surface area contributed by atoms with Crippen molar-refractivity contribution in [1.82, 2.24) is 9.97 Å².